The molecule has 0 bridgehead atoms. The van der Waals surface area contributed by atoms with Crippen LogP contribution < -0.4 is 5.32 Å². The van der Waals surface area contributed by atoms with E-state index in [1.165, 1.54) is 10.4 Å². The van der Waals surface area contributed by atoms with Crippen LogP contribution in [0, 0.1) is 11.8 Å². The molecule has 2 aliphatic rings. The normalized spacial score (nSPS) is 23.5. The van der Waals surface area contributed by atoms with Gasteiger partial charge in [0.2, 0.25) is 5.91 Å². The SMILES string of the molecule is CCC1c2ccsc2CCN1C(=O)C(C)C1CNC1.Cl. The maximum Gasteiger partial charge on any atom is 0.226 e. The summed E-state index contributed by atoms with van der Waals surface area (Å²) in [6.07, 6.45) is 2.05. The average Bonchev–Trinajstić information content (AvgIpc) is 2.82. The molecule has 2 aliphatic heterocycles. The highest BCUT2D eigenvalue weighted by atomic mass is 35.5. The molecule has 1 amide bonds. The van der Waals surface area contributed by atoms with Gasteiger partial charge in [-0.2, -0.15) is 0 Å². The van der Waals surface area contributed by atoms with E-state index >= 15 is 0 Å². The third-order valence-corrected chi connectivity index (χ3v) is 5.67. The van der Waals surface area contributed by atoms with Gasteiger partial charge in [-0.25, -0.2) is 0 Å². The van der Waals surface area contributed by atoms with Crippen molar-refractivity contribution in [1.82, 2.24) is 10.2 Å². The summed E-state index contributed by atoms with van der Waals surface area (Å²) in [6, 6.07) is 2.52. The van der Waals surface area contributed by atoms with E-state index in [1.54, 1.807) is 0 Å². The highest BCUT2D eigenvalue weighted by molar-refractivity contribution is 7.10. The number of hydrogen-bond acceptors (Lipinski definition) is 3. The number of carbonyl (C=O) groups excluding carboxylic acids is 1. The van der Waals surface area contributed by atoms with Crippen LogP contribution in [0.2, 0.25) is 0 Å². The van der Waals surface area contributed by atoms with Gasteiger partial charge >= 0.3 is 0 Å². The Kier molecular flexibility index (Phi) is 5.10. The summed E-state index contributed by atoms with van der Waals surface area (Å²) in [5.41, 5.74) is 1.39. The zero-order valence-corrected chi connectivity index (χ0v) is 13.7. The molecular formula is C15H23ClN2OS. The molecule has 1 aromatic rings. The van der Waals surface area contributed by atoms with Gasteiger partial charge < -0.3 is 10.2 Å². The smallest absolute Gasteiger partial charge is 0.226 e. The van der Waals surface area contributed by atoms with Gasteiger partial charge in [0, 0.05) is 17.3 Å². The number of rotatable bonds is 3. The number of carbonyl (C=O) groups is 1. The van der Waals surface area contributed by atoms with Crippen molar-refractivity contribution in [1.29, 1.82) is 0 Å². The maximum absolute atomic E-state index is 12.7. The number of amides is 1. The van der Waals surface area contributed by atoms with Gasteiger partial charge in [0.05, 0.1) is 6.04 Å². The predicted octanol–water partition coefficient (Wildman–Crippen LogP) is 2.86. The van der Waals surface area contributed by atoms with Gasteiger partial charge in [0.1, 0.15) is 0 Å². The van der Waals surface area contributed by atoms with Gasteiger partial charge in [-0.3, -0.25) is 4.79 Å². The average molecular weight is 315 g/mol. The molecule has 1 saturated heterocycles. The lowest BCUT2D eigenvalue weighted by molar-refractivity contribution is -0.140. The Morgan fingerprint density at radius 2 is 2.30 bits per heavy atom. The molecule has 1 fully saturated rings. The van der Waals surface area contributed by atoms with Crippen LogP contribution in [-0.2, 0) is 11.2 Å². The Hall–Kier alpha value is -0.580. The van der Waals surface area contributed by atoms with Crippen molar-refractivity contribution in [2.75, 3.05) is 19.6 Å². The first-order valence-corrected chi connectivity index (χ1v) is 8.17. The number of nitrogens with zero attached hydrogens (tertiary/aromatic N) is 1. The van der Waals surface area contributed by atoms with Crippen LogP contribution in [0.15, 0.2) is 11.4 Å². The highest BCUT2D eigenvalue weighted by Crippen LogP contribution is 2.36. The Balaban J connectivity index is 0.00000147. The Morgan fingerprint density at radius 1 is 1.55 bits per heavy atom. The summed E-state index contributed by atoms with van der Waals surface area (Å²) in [6.45, 7) is 7.19. The van der Waals surface area contributed by atoms with Crippen LogP contribution in [0.4, 0.5) is 0 Å². The molecule has 112 valence electrons. The third-order valence-electron chi connectivity index (χ3n) is 4.67. The molecule has 0 radical (unpaired) electrons. The zero-order valence-electron chi connectivity index (χ0n) is 12.1. The summed E-state index contributed by atoms with van der Waals surface area (Å²) in [5, 5.41) is 5.43. The van der Waals surface area contributed by atoms with E-state index in [9.17, 15) is 4.79 Å². The van der Waals surface area contributed by atoms with Crippen molar-refractivity contribution >= 4 is 29.7 Å². The molecule has 5 heteroatoms. The summed E-state index contributed by atoms with van der Waals surface area (Å²) >= 11 is 1.84. The summed E-state index contributed by atoms with van der Waals surface area (Å²) in [7, 11) is 0. The van der Waals surface area contributed by atoms with Crippen LogP contribution in [0.3, 0.4) is 0 Å². The first kappa shape index (κ1) is 15.8. The van der Waals surface area contributed by atoms with E-state index in [1.807, 2.05) is 11.3 Å². The first-order chi connectivity index (χ1) is 9.22. The molecule has 0 spiro atoms. The number of hydrogen-bond donors (Lipinski definition) is 1. The number of nitrogens with one attached hydrogen (secondary N) is 1. The van der Waals surface area contributed by atoms with Crippen LogP contribution in [0.25, 0.3) is 0 Å². The molecule has 20 heavy (non-hydrogen) atoms. The van der Waals surface area contributed by atoms with Crippen molar-refractivity contribution in [2.45, 2.75) is 32.7 Å². The fourth-order valence-electron chi connectivity index (χ4n) is 3.23. The molecule has 1 aromatic heterocycles. The number of halogens is 1. The fourth-order valence-corrected chi connectivity index (χ4v) is 4.16. The molecule has 2 unspecified atom stereocenters. The molecule has 0 aromatic carbocycles. The second-order valence-corrected chi connectivity index (χ2v) is 6.71. The van der Waals surface area contributed by atoms with Crippen molar-refractivity contribution < 1.29 is 4.79 Å². The fraction of sp³-hybridized carbons (Fsp3) is 0.667. The van der Waals surface area contributed by atoms with Crippen LogP contribution in [0.5, 0.6) is 0 Å². The molecular weight excluding hydrogens is 292 g/mol. The standard InChI is InChI=1S/C15H22N2OS.ClH/c1-3-13-12-5-7-19-14(12)4-6-17(13)15(18)10(2)11-8-16-9-11;/h5,7,10-11,13,16H,3-4,6,8-9H2,1-2H3;1H. The van der Waals surface area contributed by atoms with E-state index in [0.717, 1.165) is 32.5 Å². The molecule has 0 saturated carbocycles. The summed E-state index contributed by atoms with van der Waals surface area (Å²) < 4.78 is 0. The van der Waals surface area contributed by atoms with Crippen molar-refractivity contribution in [3.63, 3.8) is 0 Å². The maximum atomic E-state index is 12.7. The molecule has 3 rings (SSSR count). The largest absolute Gasteiger partial charge is 0.335 e. The minimum Gasteiger partial charge on any atom is -0.335 e. The molecule has 0 aliphatic carbocycles. The van der Waals surface area contributed by atoms with Gasteiger partial charge in [0.25, 0.3) is 0 Å². The molecule has 3 heterocycles. The van der Waals surface area contributed by atoms with Crippen LogP contribution in [0.1, 0.15) is 36.8 Å². The predicted molar refractivity (Wildman–Crippen MR) is 85.5 cm³/mol. The monoisotopic (exact) mass is 314 g/mol. The van der Waals surface area contributed by atoms with Gasteiger partial charge in [-0.1, -0.05) is 13.8 Å². The Labute approximate surface area is 131 Å². The summed E-state index contributed by atoms with van der Waals surface area (Å²) in [5.74, 6) is 1.06. The molecule has 3 nitrogen and oxygen atoms in total. The van der Waals surface area contributed by atoms with E-state index in [-0.39, 0.29) is 18.3 Å². The number of thiophene rings is 1. The summed E-state index contributed by atoms with van der Waals surface area (Å²) in [4.78, 5) is 16.4. The van der Waals surface area contributed by atoms with Crippen molar-refractivity contribution in [2.24, 2.45) is 11.8 Å². The van der Waals surface area contributed by atoms with E-state index < -0.39 is 0 Å². The topological polar surface area (TPSA) is 32.3 Å². The highest BCUT2D eigenvalue weighted by Gasteiger charge is 2.36. The van der Waals surface area contributed by atoms with Crippen LogP contribution >= 0.6 is 23.7 Å². The van der Waals surface area contributed by atoms with Crippen LogP contribution in [-0.4, -0.2) is 30.4 Å². The third kappa shape index (κ3) is 2.61. The number of fused-ring (bicyclic) bond motifs is 1. The van der Waals surface area contributed by atoms with E-state index in [2.05, 4.69) is 35.5 Å². The van der Waals surface area contributed by atoms with Crippen molar-refractivity contribution in [3.05, 3.63) is 21.9 Å². The molecule has 1 N–H and O–H groups in total. The second-order valence-electron chi connectivity index (χ2n) is 5.71. The van der Waals surface area contributed by atoms with E-state index in [4.69, 9.17) is 0 Å². The Bertz CT molecular complexity index is 472. The minimum absolute atomic E-state index is 0. The van der Waals surface area contributed by atoms with Gasteiger partial charge in [-0.15, -0.1) is 23.7 Å². The zero-order chi connectivity index (χ0) is 13.4. The first-order valence-electron chi connectivity index (χ1n) is 7.29. The quantitative estimate of drug-likeness (QED) is 0.930. The Morgan fingerprint density at radius 3 is 2.90 bits per heavy atom. The second kappa shape index (κ2) is 6.46. The van der Waals surface area contributed by atoms with Gasteiger partial charge in [-0.05, 0) is 48.9 Å². The minimum atomic E-state index is 0. The lowest BCUT2D eigenvalue weighted by Crippen LogP contribution is -2.51. The van der Waals surface area contributed by atoms with Crippen molar-refractivity contribution in [3.8, 4) is 0 Å². The van der Waals surface area contributed by atoms with Gasteiger partial charge in [0.15, 0.2) is 0 Å². The lowest BCUT2D eigenvalue weighted by Gasteiger charge is -2.40. The van der Waals surface area contributed by atoms with E-state index in [0.29, 0.717) is 17.9 Å². The lowest BCUT2D eigenvalue weighted by atomic mass is 9.86. The molecule has 2 atom stereocenters.